The molecule has 0 spiro atoms. The van der Waals surface area contributed by atoms with Crippen LogP contribution >= 0.6 is 15.9 Å². The lowest BCUT2D eigenvalue weighted by Crippen LogP contribution is -3.06. The van der Waals surface area contributed by atoms with Crippen LogP contribution in [0.5, 0.6) is 5.75 Å². The molecule has 0 aliphatic rings. The van der Waals surface area contributed by atoms with Crippen LogP contribution in [0.1, 0.15) is 11.6 Å². The number of quaternary nitrogens is 1. The van der Waals surface area contributed by atoms with E-state index in [4.69, 9.17) is 4.74 Å². The first-order valence-electron chi connectivity index (χ1n) is 7.56. The summed E-state index contributed by atoms with van der Waals surface area (Å²) in [5.41, 5.74) is 1.10. The number of nitrogens with one attached hydrogen (secondary N) is 2. The monoisotopic (exact) mass is 377 g/mol. The van der Waals surface area contributed by atoms with Crippen molar-refractivity contribution in [2.45, 2.75) is 6.04 Å². The molecule has 0 radical (unpaired) electrons. The molecule has 0 saturated carbocycles. The van der Waals surface area contributed by atoms with Crippen LogP contribution in [0.4, 0.5) is 0 Å². The minimum absolute atomic E-state index is 0.00767. The van der Waals surface area contributed by atoms with Gasteiger partial charge in [0.1, 0.15) is 18.3 Å². The molecule has 1 atom stereocenters. The molecular weight excluding hydrogens is 356 g/mol. The molecule has 5 heteroatoms. The highest BCUT2D eigenvalue weighted by molar-refractivity contribution is 9.10. The lowest BCUT2D eigenvalue weighted by atomic mass is 10.1. The van der Waals surface area contributed by atoms with Crippen molar-refractivity contribution in [3.8, 4) is 5.75 Å². The van der Waals surface area contributed by atoms with E-state index in [1.165, 1.54) is 4.90 Å². The molecule has 2 aromatic carbocycles. The molecule has 0 heterocycles. The zero-order chi connectivity index (χ0) is 16.7. The number of carbonyl (C=O) groups excluding carboxylic acids is 1. The predicted molar refractivity (Wildman–Crippen MR) is 94.6 cm³/mol. The van der Waals surface area contributed by atoms with Crippen LogP contribution in [-0.2, 0) is 4.79 Å². The fraction of sp³-hybridized carbons (Fsp3) is 0.278. The molecule has 0 aliphatic carbocycles. The van der Waals surface area contributed by atoms with E-state index in [1.54, 1.807) is 0 Å². The van der Waals surface area contributed by atoms with Gasteiger partial charge in [-0.2, -0.15) is 0 Å². The van der Waals surface area contributed by atoms with Crippen LogP contribution in [0.3, 0.4) is 0 Å². The average Bonchev–Trinajstić information content (AvgIpc) is 2.54. The molecule has 2 N–H and O–H groups in total. The van der Waals surface area contributed by atoms with E-state index in [0.717, 1.165) is 16.6 Å². The molecular formula is C18H22BrN2O2+. The molecule has 0 bridgehead atoms. The van der Waals surface area contributed by atoms with Gasteiger partial charge in [-0.05, 0) is 29.8 Å². The molecule has 0 fully saturated rings. The van der Waals surface area contributed by atoms with Gasteiger partial charge >= 0.3 is 0 Å². The normalized spacial score (nSPS) is 12.0. The summed E-state index contributed by atoms with van der Waals surface area (Å²) in [6.07, 6.45) is 0. The van der Waals surface area contributed by atoms with E-state index >= 15 is 0 Å². The summed E-state index contributed by atoms with van der Waals surface area (Å²) in [6, 6.07) is 17.4. The van der Waals surface area contributed by atoms with Crippen LogP contribution in [0.15, 0.2) is 59.1 Å². The molecule has 2 aromatic rings. The topological polar surface area (TPSA) is 42.8 Å². The Morgan fingerprint density at radius 3 is 2.39 bits per heavy atom. The highest BCUT2D eigenvalue weighted by Crippen LogP contribution is 2.16. The molecule has 0 aliphatic heterocycles. The minimum Gasteiger partial charge on any atom is -0.484 e. The summed E-state index contributed by atoms with van der Waals surface area (Å²) in [5, 5.41) is 3.05. The standard InChI is InChI=1S/C18H21BrN2O2/c1-21(2)12-17(14-6-4-3-5-7-14)20-18(22)13-23-16-10-8-15(19)9-11-16/h3-11,17H,12-13H2,1-2H3,(H,20,22)/p+1/t17-/m1/s1. The number of benzene rings is 2. The van der Waals surface area contributed by atoms with E-state index in [-0.39, 0.29) is 18.6 Å². The second kappa shape index (κ2) is 8.70. The molecule has 4 nitrogen and oxygen atoms in total. The van der Waals surface area contributed by atoms with E-state index < -0.39 is 0 Å². The van der Waals surface area contributed by atoms with Gasteiger partial charge in [0, 0.05) is 4.47 Å². The van der Waals surface area contributed by atoms with Gasteiger partial charge in [-0.1, -0.05) is 46.3 Å². The van der Waals surface area contributed by atoms with E-state index in [9.17, 15) is 4.79 Å². The largest absolute Gasteiger partial charge is 0.484 e. The highest BCUT2D eigenvalue weighted by Gasteiger charge is 2.17. The highest BCUT2D eigenvalue weighted by atomic mass is 79.9. The Balaban J connectivity index is 1.93. The average molecular weight is 378 g/mol. The number of ether oxygens (including phenoxy) is 1. The Labute approximate surface area is 145 Å². The predicted octanol–water partition coefficient (Wildman–Crippen LogP) is 1.83. The summed E-state index contributed by atoms with van der Waals surface area (Å²) < 4.78 is 6.50. The smallest absolute Gasteiger partial charge is 0.258 e. The molecule has 1 amide bonds. The SMILES string of the molecule is C[NH+](C)C[C@@H](NC(=O)COc1ccc(Br)cc1)c1ccccc1. The number of carbonyl (C=O) groups is 1. The molecule has 0 unspecified atom stereocenters. The van der Waals surface area contributed by atoms with E-state index in [0.29, 0.717) is 5.75 Å². The van der Waals surface area contributed by atoms with Crippen LogP contribution in [0.25, 0.3) is 0 Å². The number of halogens is 1. The summed E-state index contributed by atoms with van der Waals surface area (Å²) in [7, 11) is 4.14. The van der Waals surface area contributed by atoms with Crippen molar-refractivity contribution in [1.82, 2.24) is 5.32 Å². The van der Waals surface area contributed by atoms with E-state index in [1.807, 2.05) is 54.6 Å². The van der Waals surface area contributed by atoms with Gasteiger partial charge < -0.3 is 15.0 Å². The van der Waals surface area contributed by atoms with Gasteiger partial charge in [0.2, 0.25) is 0 Å². The maximum atomic E-state index is 12.2. The van der Waals surface area contributed by atoms with Gasteiger partial charge in [0.25, 0.3) is 5.91 Å². The maximum absolute atomic E-state index is 12.2. The fourth-order valence-corrected chi connectivity index (χ4v) is 2.53. The Hall–Kier alpha value is -1.85. The van der Waals surface area contributed by atoms with Gasteiger partial charge in [-0.25, -0.2) is 0 Å². The Morgan fingerprint density at radius 2 is 1.78 bits per heavy atom. The van der Waals surface area contributed by atoms with Crippen molar-refractivity contribution in [1.29, 1.82) is 0 Å². The number of hydrogen-bond donors (Lipinski definition) is 2. The molecule has 0 aromatic heterocycles. The molecule has 2 rings (SSSR count). The molecule has 122 valence electrons. The van der Waals surface area contributed by atoms with Crippen molar-refractivity contribution >= 4 is 21.8 Å². The Morgan fingerprint density at radius 1 is 1.13 bits per heavy atom. The first-order chi connectivity index (χ1) is 11.0. The van der Waals surface area contributed by atoms with E-state index in [2.05, 4.69) is 35.3 Å². The lowest BCUT2D eigenvalue weighted by molar-refractivity contribution is -0.860. The lowest BCUT2D eigenvalue weighted by Gasteiger charge is -2.21. The van der Waals surface area contributed by atoms with Gasteiger partial charge in [0.05, 0.1) is 14.1 Å². The zero-order valence-corrected chi connectivity index (χ0v) is 15.0. The molecule has 23 heavy (non-hydrogen) atoms. The van der Waals surface area contributed by atoms with Gasteiger partial charge in [0.15, 0.2) is 6.61 Å². The van der Waals surface area contributed by atoms with Gasteiger partial charge in [-0.15, -0.1) is 0 Å². The third-order valence-corrected chi connectivity index (χ3v) is 3.86. The summed E-state index contributed by atoms with van der Waals surface area (Å²) in [6.45, 7) is 0.821. The first-order valence-corrected chi connectivity index (χ1v) is 8.35. The molecule has 0 saturated heterocycles. The maximum Gasteiger partial charge on any atom is 0.258 e. The zero-order valence-electron chi connectivity index (χ0n) is 13.4. The Kier molecular flexibility index (Phi) is 6.62. The van der Waals surface area contributed by atoms with Crippen LogP contribution < -0.4 is 15.0 Å². The van der Waals surface area contributed by atoms with Crippen LogP contribution in [-0.4, -0.2) is 33.2 Å². The summed E-state index contributed by atoms with van der Waals surface area (Å²) in [4.78, 5) is 13.5. The van der Waals surface area contributed by atoms with Crippen molar-refractivity contribution in [3.05, 3.63) is 64.6 Å². The van der Waals surface area contributed by atoms with Gasteiger partial charge in [-0.3, -0.25) is 4.79 Å². The second-order valence-corrected chi connectivity index (χ2v) is 6.60. The van der Waals surface area contributed by atoms with Crippen molar-refractivity contribution in [2.75, 3.05) is 27.2 Å². The second-order valence-electron chi connectivity index (χ2n) is 5.68. The van der Waals surface area contributed by atoms with Crippen molar-refractivity contribution < 1.29 is 14.4 Å². The number of hydrogen-bond acceptors (Lipinski definition) is 2. The summed E-state index contributed by atoms with van der Waals surface area (Å²) >= 11 is 3.37. The number of likely N-dealkylation sites (N-methyl/N-ethyl adjacent to an activating group) is 1. The number of amides is 1. The van der Waals surface area contributed by atoms with Crippen LogP contribution in [0.2, 0.25) is 0 Å². The third kappa shape index (κ3) is 6.04. The minimum atomic E-state index is -0.122. The van der Waals surface area contributed by atoms with Crippen molar-refractivity contribution in [2.24, 2.45) is 0 Å². The first kappa shape index (κ1) is 17.5. The quantitative estimate of drug-likeness (QED) is 0.772. The Bertz CT molecular complexity index is 615. The fourth-order valence-electron chi connectivity index (χ4n) is 2.26. The summed E-state index contributed by atoms with van der Waals surface area (Å²) in [5.74, 6) is 0.556. The number of rotatable bonds is 7. The van der Waals surface area contributed by atoms with Crippen molar-refractivity contribution in [3.63, 3.8) is 0 Å². The third-order valence-electron chi connectivity index (χ3n) is 3.33. The van der Waals surface area contributed by atoms with Crippen LogP contribution in [0, 0.1) is 0 Å².